The Balaban J connectivity index is 1.72. The number of nitrogens with zero attached hydrogens (tertiary/aromatic N) is 3. The van der Waals surface area contributed by atoms with Gasteiger partial charge in [0.15, 0.2) is 11.5 Å². The van der Waals surface area contributed by atoms with Crippen LogP contribution in [-0.4, -0.2) is 30.1 Å². The molecule has 3 heterocycles. The molecule has 3 aromatic rings. The molecule has 1 aliphatic heterocycles. The fourth-order valence-corrected chi connectivity index (χ4v) is 3.34. The number of alkyl halides is 3. The third kappa shape index (κ3) is 4.75. The lowest BCUT2D eigenvalue weighted by molar-refractivity contribution is -0.141. The predicted octanol–water partition coefficient (Wildman–Crippen LogP) is 2.48. The number of halogens is 3. The maximum Gasteiger partial charge on any atom is 0.433 e. The Hall–Kier alpha value is -3.25. The molecule has 1 aromatic carbocycles. The molecule has 1 aliphatic rings. The van der Waals surface area contributed by atoms with Crippen molar-refractivity contribution in [2.75, 3.05) is 6.79 Å². The van der Waals surface area contributed by atoms with Crippen molar-refractivity contribution in [3.8, 4) is 22.8 Å². The van der Waals surface area contributed by atoms with E-state index < -0.39 is 34.5 Å². The first kappa shape index (κ1) is 21.0. The van der Waals surface area contributed by atoms with Gasteiger partial charge in [-0.1, -0.05) is 6.07 Å². The van der Waals surface area contributed by atoms with E-state index in [0.717, 1.165) is 0 Å². The Morgan fingerprint density at radius 1 is 1.10 bits per heavy atom. The lowest BCUT2D eigenvalue weighted by atomic mass is 10.1. The number of hydrogen-bond acceptors (Lipinski definition) is 7. The first-order valence-electron chi connectivity index (χ1n) is 8.79. The topological polar surface area (TPSA) is 106 Å². The van der Waals surface area contributed by atoms with Gasteiger partial charge in [-0.3, -0.25) is 9.00 Å². The van der Waals surface area contributed by atoms with Crippen LogP contribution in [0.5, 0.6) is 11.5 Å². The van der Waals surface area contributed by atoms with E-state index in [1.807, 2.05) is 0 Å². The van der Waals surface area contributed by atoms with Gasteiger partial charge in [-0.25, -0.2) is 9.97 Å². The van der Waals surface area contributed by atoms with Gasteiger partial charge in [0.2, 0.25) is 6.79 Å². The van der Waals surface area contributed by atoms with Crippen molar-refractivity contribution >= 4 is 11.1 Å². The van der Waals surface area contributed by atoms with Gasteiger partial charge in [0.1, 0.15) is 11.5 Å². The summed E-state index contributed by atoms with van der Waals surface area (Å²) in [6, 6.07) is 8.36. The summed E-state index contributed by atoms with van der Waals surface area (Å²) in [7, 11) is 0. The first-order valence-corrected chi connectivity index (χ1v) is 10.0. The van der Waals surface area contributed by atoms with E-state index in [0.29, 0.717) is 23.1 Å². The Kier molecular flexibility index (Phi) is 5.50. The summed E-state index contributed by atoms with van der Waals surface area (Å²) < 4.78 is 73.4. The molecule has 0 bridgehead atoms. The van der Waals surface area contributed by atoms with E-state index in [4.69, 9.17) is 9.47 Å². The molecule has 0 fully saturated rings. The normalized spacial score (nSPS) is 13.9. The molecule has 0 amide bonds. The van der Waals surface area contributed by atoms with Crippen molar-refractivity contribution < 1.29 is 31.4 Å². The zero-order valence-electron chi connectivity index (χ0n) is 15.6. The van der Waals surface area contributed by atoms with E-state index in [1.54, 1.807) is 18.2 Å². The van der Waals surface area contributed by atoms with Crippen LogP contribution in [-0.2, 0) is 29.6 Å². The van der Waals surface area contributed by atoms with Crippen LogP contribution in [0.2, 0.25) is 0 Å². The lowest BCUT2D eigenvalue weighted by Crippen LogP contribution is -2.19. The van der Waals surface area contributed by atoms with Crippen LogP contribution in [0, 0.1) is 0 Å². The summed E-state index contributed by atoms with van der Waals surface area (Å²) in [6.07, 6.45) is -3.44. The number of hydrogen-bond donors (Lipinski definition) is 0. The first-order chi connectivity index (χ1) is 14.7. The number of ether oxygens (including phenoxy) is 2. The molecule has 0 aliphatic carbocycles. The van der Waals surface area contributed by atoms with Gasteiger partial charge in [-0.15, -0.1) is 0 Å². The summed E-state index contributed by atoms with van der Waals surface area (Å²) >= 11 is -2.67. The highest BCUT2D eigenvalue weighted by molar-refractivity contribution is 7.78. The van der Waals surface area contributed by atoms with Gasteiger partial charge in [0.25, 0.3) is 5.56 Å². The van der Waals surface area contributed by atoms with E-state index >= 15 is 0 Å². The molecule has 1 unspecified atom stereocenters. The van der Waals surface area contributed by atoms with Gasteiger partial charge in [0.05, 0.1) is 18.0 Å². The average Bonchev–Trinajstić information content (AvgIpc) is 3.16. The molecular formula is C19H13F3N3O5S-. The van der Waals surface area contributed by atoms with Crippen molar-refractivity contribution in [2.24, 2.45) is 0 Å². The van der Waals surface area contributed by atoms with Gasteiger partial charge in [-0.2, -0.15) is 13.2 Å². The quantitative estimate of drug-likeness (QED) is 0.548. The standard InChI is InChI=1S/C19H14F3N3O5S/c20-19(21,22)16-6-13(23-17(24-16)9-31(27)28)12-2-4-18(26)25(8-12)7-11-1-3-14-15(5-11)30-10-29-14/h1-6,8H,7,9-10H2,(H,27,28)/p-1. The molecule has 1 atom stereocenters. The Labute approximate surface area is 175 Å². The van der Waals surface area contributed by atoms with Crippen molar-refractivity contribution in [3.63, 3.8) is 0 Å². The van der Waals surface area contributed by atoms with Gasteiger partial charge >= 0.3 is 6.18 Å². The molecule has 12 heteroatoms. The maximum atomic E-state index is 13.2. The molecule has 31 heavy (non-hydrogen) atoms. The molecule has 0 spiro atoms. The van der Waals surface area contributed by atoms with Gasteiger partial charge in [0, 0.05) is 17.8 Å². The van der Waals surface area contributed by atoms with Crippen molar-refractivity contribution in [1.82, 2.24) is 14.5 Å². The Morgan fingerprint density at radius 3 is 2.61 bits per heavy atom. The van der Waals surface area contributed by atoms with Crippen LogP contribution < -0.4 is 15.0 Å². The van der Waals surface area contributed by atoms with E-state index in [9.17, 15) is 26.7 Å². The predicted molar refractivity (Wildman–Crippen MR) is 101 cm³/mol. The van der Waals surface area contributed by atoms with Crippen molar-refractivity contribution in [1.29, 1.82) is 0 Å². The molecule has 4 rings (SSSR count). The van der Waals surface area contributed by atoms with Crippen LogP contribution in [0.3, 0.4) is 0 Å². The fourth-order valence-electron chi connectivity index (χ4n) is 3.00. The number of pyridine rings is 1. The summed E-state index contributed by atoms with van der Waals surface area (Å²) in [5, 5.41) is 0. The van der Waals surface area contributed by atoms with Gasteiger partial charge < -0.3 is 18.6 Å². The zero-order valence-corrected chi connectivity index (χ0v) is 16.4. The summed E-state index contributed by atoms with van der Waals surface area (Å²) in [5.74, 6) is -0.156. The fraction of sp³-hybridized carbons (Fsp3) is 0.211. The maximum absolute atomic E-state index is 13.2. The highest BCUT2D eigenvalue weighted by Crippen LogP contribution is 2.33. The minimum atomic E-state index is -4.79. The van der Waals surface area contributed by atoms with E-state index in [2.05, 4.69) is 9.97 Å². The second-order valence-electron chi connectivity index (χ2n) is 6.57. The summed E-state index contributed by atoms with van der Waals surface area (Å²) in [5.41, 5.74) is -0.892. The monoisotopic (exact) mass is 452 g/mol. The number of benzene rings is 1. The molecule has 0 saturated heterocycles. The molecule has 2 aromatic heterocycles. The van der Waals surface area contributed by atoms with Crippen LogP contribution in [0.1, 0.15) is 17.1 Å². The number of fused-ring (bicyclic) bond motifs is 1. The van der Waals surface area contributed by atoms with Crippen molar-refractivity contribution in [2.45, 2.75) is 18.5 Å². The van der Waals surface area contributed by atoms with Crippen LogP contribution in [0.4, 0.5) is 13.2 Å². The smallest absolute Gasteiger partial charge is 0.433 e. The number of rotatable bonds is 5. The Bertz CT molecular complexity index is 1230. The van der Waals surface area contributed by atoms with Crippen LogP contribution in [0.25, 0.3) is 11.3 Å². The lowest BCUT2D eigenvalue weighted by Gasteiger charge is -2.13. The third-order valence-corrected chi connectivity index (χ3v) is 4.87. The van der Waals surface area contributed by atoms with Crippen LogP contribution in [0.15, 0.2) is 47.4 Å². The zero-order chi connectivity index (χ0) is 22.2. The Morgan fingerprint density at radius 2 is 1.87 bits per heavy atom. The van der Waals surface area contributed by atoms with Crippen molar-refractivity contribution in [3.05, 3.63) is 70.0 Å². The molecule has 162 valence electrons. The largest absolute Gasteiger partial charge is 0.772 e. The third-order valence-electron chi connectivity index (χ3n) is 4.38. The molecule has 0 radical (unpaired) electrons. The highest BCUT2D eigenvalue weighted by atomic mass is 32.2. The molecular weight excluding hydrogens is 439 g/mol. The second kappa shape index (κ2) is 8.12. The minimum absolute atomic E-state index is 0.0972. The summed E-state index contributed by atoms with van der Waals surface area (Å²) in [4.78, 5) is 19.5. The molecule has 8 nitrogen and oxygen atoms in total. The average molecular weight is 452 g/mol. The molecule has 0 N–H and O–H groups in total. The molecule has 0 saturated carbocycles. The second-order valence-corrected chi connectivity index (χ2v) is 7.47. The SMILES string of the molecule is O=c1ccc(-c2cc(C(F)(F)F)nc(CS(=O)[O-])n2)cn1Cc1ccc2c(c1)OCO2. The van der Waals surface area contributed by atoms with Gasteiger partial charge in [-0.05, 0) is 40.9 Å². The highest BCUT2D eigenvalue weighted by Gasteiger charge is 2.33. The summed E-state index contributed by atoms with van der Waals surface area (Å²) in [6.45, 7) is 0.220. The minimum Gasteiger partial charge on any atom is -0.772 e. The van der Waals surface area contributed by atoms with E-state index in [-0.39, 0.29) is 30.2 Å². The van der Waals surface area contributed by atoms with E-state index in [1.165, 1.54) is 22.9 Å². The number of aromatic nitrogens is 3. The van der Waals surface area contributed by atoms with Crippen LogP contribution >= 0.6 is 0 Å².